The molecule has 0 bridgehead atoms. The lowest BCUT2D eigenvalue weighted by Gasteiger charge is -2.08. The first-order chi connectivity index (χ1) is 20.8. The molecule has 42 heavy (non-hydrogen) atoms. The molecule has 0 unspecified atom stereocenters. The van der Waals surface area contributed by atoms with Crippen LogP contribution in [0.15, 0.2) is 146 Å². The minimum atomic E-state index is 0.855. The quantitative estimate of drug-likeness (QED) is 0.221. The summed E-state index contributed by atoms with van der Waals surface area (Å²) < 4.78 is 4.27. The van der Waals surface area contributed by atoms with E-state index in [2.05, 4.69) is 91.8 Å². The van der Waals surface area contributed by atoms with Gasteiger partial charge >= 0.3 is 0 Å². The number of aromatic nitrogens is 6. The molecule has 6 heterocycles. The summed E-state index contributed by atoms with van der Waals surface area (Å²) in [6.07, 6.45) is 7.72. The average molecular weight is 541 g/mol. The third kappa shape index (κ3) is 4.05. The van der Waals surface area contributed by atoms with Crippen molar-refractivity contribution in [2.24, 2.45) is 0 Å². The molecule has 0 saturated heterocycles. The molecule has 0 saturated carbocycles. The van der Waals surface area contributed by atoms with Crippen LogP contribution in [0.25, 0.3) is 67.7 Å². The molecule has 2 aromatic carbocycles. The zero-order chi connectivity index (χ0) is 27.9. The van der Waals surface area contributed by atoms with Crippen molar-refractivity contribution in [1.29, 1.82) is 0 Å². The molecule has 0 aliphatic heterocycles. The van der Waals surface area contributed by atoms with Crippen molar-refractivity contribution in [1.82, 2.24) is 28.7 Å². The summed E-state index contributed by atoms with van der Waals surface area (Å²) in [4.78, 5) is 19.3. The lowest BCUT2D eigenvalue weighted by Crippen LogP contribution is -1.90. The van der Waals surface area contributed by atoms with Crippen LogP contribution in [0.1, 0.15) is 0 Å². The van der Waals surface area contributed by atoms with Crippen molar-refractivity contribution in [2.45, 2.75) is 0 Å². The Morgan fingerprint density at radius 2 is 0.857 bits per heavy atom. The van der Waals surface area contributed by atoms with Gasteiger partial charge in [-0.25, -0.2) is 9.97 Å². The molecule has 6 aromatic heterocycles. The third-order valence-electron chi connectivity index (χ3n) is 7.49. The summed E-state index contributed by atoms with van der Waals surface area (Å²) in [5.74, 6) is 1.76. The van der Waals surface area contributed by atoms with E-state index in [4.69, 9.17) is 9.97 Å². The van der Waals surface area contributed by atoms with Crippen LogP contribution in [0.5, 0.6) is 0 Å². The first-order valence-electron chi connectivity index (χ1n) is 13.8. The Bertz CT molecular complexity index is 2040. The van der Waals surface area contributed by atoms with Gasteiger partial charge in [0.2, 0.25) is 0 Å². The van der Waals surface area contributed by atoms with Gasteiger partial charge in [-0.05, 0) is 71.8 Å². The minimum absolute atomic E-state index is 0.855. The molecule has 0 fully saturated rings. The Balaban J connectivity index is 1.23. The van der Waals surface area contributed by atoms with Gasteiger partial charge in [0.05, 0.1) is 22.4 Å². The predicted octanol–water partition coefficient (Wildman–Crippen LogP) is 8.11. The van der Waals surface area contributed by atoms with E-state index in [0.717, 1.165) is 67.7 Å². The first kappa shape index (κ1) is 24.0. The smallest absolute Gasteiger partial charge is 0.145 e. The fraction of sp³-hybridized carbons (Fsp3) is 0. The lowest BCUT2D eigenvalue weighted by atomic mass is 10.0. The highest BCUT2D eigenvalue weighted by Crippen LogP contribution is 2.34. The Hall–Kier alpha value is -5.88. The summed E-state index contributed by atoms with van der Waals surface area (Å²) in [6.45, 7) is 0. The van der Waals surface area contributed by atoms with Gasteiger partial charge < -0.3 is 0 Å². The van der Waals surface area contributed by atoms with Gasteiger partial charge in [0.25, 0.3) is 0 Å². The molecule has 0 atom stereocenters. The fourth-order valence-corrected chi connectivity index (χ4v) is 5.54. The van der Waals surface area contributed by atoms with E-state index >= 15 is 0 Å². The monoisotopic (exact) mass is 540 g/mol. The average Bonchev–Trinajstić information content (AvgIpc) is 3.66. The van der Waals surface area contributed by atoms with Crippen molar-refractivity contribution < 1.29 is 0 Å². The van der Waals surface area contributed by atoms with Gasteiger partial charge in [0, 0.05) is 35.9 Å². The van der Waals surface area contributed by atoms with E-state index in [0.29, 0.717) is 0 Å². The van der Waals surface area contributed by atoms with Crippen LogP contribution >= 0.6 is 0 Å². The Labute approximate surface area is 242 Å². The largest absolute Gasteiger partial charge is 0.299 e. The fourth-order valence-electron chi connectivity index (χ4n) is 5.54. The molecule has 0 radical (unpaired) electrons. The SMILES string of the molecule is c1ccc(-c2nc(-c3cccc(-c4cccc(-c5nc(-c6ccccn6)c6ccccn56)c4)c3)n3ccccc23)nc1. The molecule has 0 aliphatic carbocycles. The van der Waals surface area contributed by atoms with Crippen LogP contribution in [0.2, 0.25) is 0 Å². The summed E-state index contributed by atoms with van der Waals surface area (Å²) in [7, 11) is 0. The van der Waals surface area contributed by atoms with Crippen LogP contribution in [0.3, 0.4) is 0 Å². The second-order valence-corrected chi connectivity index (χ2v) is 10.1. The van der Waals surface area contributed by atoms with E-state index in [1.165, 1.54) is 0 Å². The van der Waals surface area contributed by atoms with Gasteiger partial charge in [-0.15, -0.1) is 0 Å². The highest BCUT2D eigenvalue weighted by Gasteiger charge is 2.17. The van der Waals surface area contributed by atoms with Crippen molar-refractivity contribution >= 4 is 11.0 Å². The van der Waals surface area contributed by atoms with E-state index in [1.54, 1.807) is 12.4 Å². The van der Waals surface area contributed by atoms with Crippen LogP contribution in [0.4, 0.5) is 0 Å². The zero-order valence-electron chi connectivity index (χ0n) is 22.5. The number of hydrogen-bond donors (Lipinski definition) is 0. The molecular weight excluding hydrogens is 516 g/mol. The van der Waals surface area contributed by atoms with Crippen LogP contribution in [-0.2, 0) is 0 Å². The number of benzene rings is 2. The topological polar surface area (TPSA) is 60.4 Å². The maximum absolute atomic E-state index is 5.08. The Kier molecular flexibility index (Phi) is 5.67. The summed E-state index contributed by atoms with van der Waals surface area (Å²) in [5.41, 5.74) is 9.76. The second-order valence-electron chi connectivity index (χ2n) is 10.1. The molecule has 8 aromatic rings. The van der Waals surface area contributed by atoms with Gasteiger partial charge in [-0.2, -0.15) is 0 Å². The van der Waals surface area contributed by atoms with Crippen LogP contribution in [0, 0.1) is 0 Å². The molecule has 0 N–H and O–H groups in total. The second kappa shape index (κ2) is 9.94. The van der Waals surface area contributed by atoms with Crippen LogP contribution < -0.4 is 0 Å². The first-order valence-corrected chi connectivity index (χ1v) is 13.8. The number of imidazole rings is 2. The molecule has 0 spiro atoms. The summed E-state index contributed by atoms with van der Waals surface area (Å²) in [6, 6.07) is 41.2. The van der Waals surface area contributed by atoms with Crippen molar-refractivity contribution in [3.63, 3.8) is 0 Å². The molecule has 198 valence electrons. The maximum Gasteiger partial charge on any atom is 0.145 e. The van der Waals surface area contributed by atoms with Crippen molar-refractivity contribution in [2.75, 3.05) is 0 Å². The predicted molar refractivity (Wildman–Crippen MR) is 167 cm³/mol. The summed E-state index contributed by atoms with van der Waals surface area (Å²) in [5, 5.41) is 0. The standard InChI is InChI=1S/C36H24N6/c1-5-19-37-29(15-1)33-31-17-3-7-21-41(31)35(39-33)27-13-9-11-25(23-27)26-12-10-14-28(24-26)36-40-34(30-16-2-6-20-38-30)32-18-4-8-22-42(32)36/h1-24H. The molecular formula is C36H24N6. The van der Waals surface area contributed by atoms with Crippen LogP contribution in [-0.4, -0.2) is 28.7 Å². The van der Waals surface area contributed by atoms with E-state index in [1.807, 2.05) is 60.7 Å². The number of pyridine rings is 4. The molecule has 0 aliphatic rings. The number of hydrogen-bond acceptors (Lipinski definition) is 4. The zero-order valence-corrected chi connectivity index (χ0v) is 22.5. The van der Waals surface area contributed by atoms with Crippen molar-refractivity contribution in [3.8, 4) is 56.7 Å². The highest BCUT2D eigenvalue weighted by molar-refractivity contribution is 5.83. The number of fused-ring (bicyclic) bond motifs is 2. The minimum Gasteiger partial charge on any atom is -0.299 e. The Morgan fingerprint density at radius 3 is 1.31 bits per heavy atom. The normalized spacial score (nSPS) is 11.3. The molecule has 8 rings (SSSR count). The molecule has 6 nitrogen and oxygen atoms in total. The number of rotatable bonds is 5. The van der Waals surface area contributed by atoms with Gasteiger partial charge in [0.15, 0.2) is 0 Å². The highest BCUT2D eigenvalue weighted by atomic mass is 15.0. The van der Waals surface area contributed by atoms with Gasteiger partial charge in [-0.1, -0.05) is 60.7 Å². The number of nitrogens with zero attached hydrogens (tertiary/aromatic N) is 6. The van der Waals surface area contributed by atoms with Crippen molar-refractivity contribution in [3.05, 3.63) is 146 Å². The summed E-state index contributed by atoms with van der Waals surface area (Å²) >= 11 is 0. The van der Waals surface area contributed by atoms with E-state index in [-0.39, 0.29) is 0 Å². The maximum atomic E-state index is 5.08. The third-order valence-corrected chi connectivity index (χ3v) is 7.49. The van der Waals surface area contributed by atoms with E-state index < -0.39 is 0 Å². The Morgan fingerprint density at radius 1 is 0.405 bits per heavy atom. The van der Waals surface area contributed by atoms with Gasteiger partial charge in [-0.3, -0.25) is 18.8 Å². The molecule has 6 heteroatoms. The molecule has 0 amide bonds. The lowest BCUT2D eigenvalue weighted by molar-refractivity contribution is 1.16. The van der Waals surface area contributed by atoms with E-state index in [9.17, 15) is 0 Å². The van der Waals surface area contributed by atoms with Gasteiger partial charge in [0.1, 0.15) is 23.0 Å².